The van der Waals surface area contributed by atoms with Gasteiger partial charge in [-0.3, -0.25) is 4.79 Å². The van der Waals surface area contributed by atoms with Crippen LogP contribution >= 0.6 is 12.2 Å². The fraction of sp³-hybridized carbons (Fsp3) is 0.846. The molecule has 96 valence electrons. The quantitative estimate of drug-likeness (QED) is 0.711. The number of hydrogen-bond acceptors (Lipinski definition) is 2. The molecule has 3 nitrogen and oxygen atoms in total. The molecule has 2 fully saturated rings. The van der Waals surface area contributed by atoms with E-state index < -0.39 is 0 Å². The first-order valence-corrected chi connectivity index (χ1v) is 7.01. The minimum atomic E-state index is -0.315. The van der Waals surface area contributed by atoms with Gasteiger partial charge in [0.25, 0.3) is 0 Å². The molecule has 0 aromatic heterocycles. The summed E-state index contributed by atoms with van der Waals surface area (Å²) in [5, 5.41) is 3.20. The number of carbonyl (C=O) groups is 1. The zero-order valence-electron chi connectivity index (χ0n) is 10.6. The van der Waals surface area contributed by atoms with Crippen molar-refractivity contribution in [2.24, 2.45) is 29.4 Å². The van der Waals surface area contributed by atoms with Gasteiger partial charge >= 0.3 is 0 Å². The van der Waals surface area contributed by atoms with Crippen LogP contribution in [0.3, 0.4) is 0 Å². The van der Waals surface area contributed by atoms with Crippen LogP contribution < -0.4 is 11.1 Å². The maximum Gasteiger partial charge on any atom is 0.230 e. The first-order valence-electron chi connectivity index (χ1n) is 6.60. The van der Waals surface area contributed by atoms with Crippen LogP contribution in [0.15, 0.2) is 0 Å². The minimum Gasteiger partial charge on any atom is -0.393 e. The SMILES string of the molecule is CC(C)C(C(=O)NC(C1CC1)C1CC1)C(N)=S. The second-order valence-corrected chi connectivity index (χ2v) is 6.30. The summed E-state index contributed by atoms with van der Waals surface area (Å²) in [6.07, 6.45) is 5.06. The summed E-state index contributed by atoms with van der Waals surface area (Å²) in [6, 6.07) is 0.387. The molecule has 0 heterocycles. The van der Waals surface area contributed by atoms with Gasteiger partial charge in [-0.2, -0.15) is 0 Å². The molecular formula is C13H22N2OS. The van der Waals surface area contributed by atoms with Crippen molar-refractivity contribution >= 4 is 23.1 Å². The average molecular weight is 254 g/mol. The van der Waals surface area contributed by atoms with Crippen LogP contribution in [0.25, 0.3) is 0 Å². The highest BCUT2D eigenvalue weighted by Crippen LogP contribution is 2.44. The van der Waals surface area contributed by atoms with Crippen molar-refractivity contribution in [3.05, 3.63) is 0 Å². The minimum absolute atomic E-state index is 0.0382. The van der Waals surface area contributed by atoms with Gasteiger partial charge < -0.3 is 11.1 Å². The monoisotopic (exact) mass is 254 g/mol. The average Bonchev–Trinajstić information content (AvgIpc) is 3.07. The largest absolute Gasteiger partial charge is 0.393 e. The third-order valence-corrected chi connectivity index (χ3v) is 4.08. The summed E-state index contributed by atoms with van der Waals surface area (Å²) in [4.78, 5) is 12.5. The molecule has 1 unspecified atom stereocenters. The maximum atomic E-state index is 12.2. The van der Waals surface area contributed by atoms with Crippen LogP contribution in [0.1, 0.15) is 39.5 Å². The highest BCUT2D eigenvalue weighted by molar-refractivity contribution is 7.80. The van der Waals surface area contributed by atoms with Crippen molar-refractivity contribution in [2.75, 3.05) is 0 Å². The molecule has 3 N–H and O–H groups in total. The van der Waals surface area contributed by atoms with E-state index in [0.717, 1.165) is 0 Å². The predicted molar refractivity (Wildman–Crippen MR) is 72.5 cm³/mol. The van der Waals surface area contributed by atoms with E-state index in [1.54, 1.807) is 0 Å². The van der Waals surface area contributed by atoms with Gasteiger partial charge in [-0.05, 0) is 43.4 Å². The summed E-state index contributed by atoms with van der Waals surface area (Å²) < 4.78 is 0. The van der Waals surface area contributed by atoms with E-state index >= 15 is 0 Å². The first kappa shape index (κ1) is 12.8. The Bertz CT molecular complexity index is 309. The summed E-state index contributed by atoms with van der Waals surface area (Å²) >= 11 is 5.00. The highest BCUT2D eigenvalue weighted by atomic mass is 32.1. The van der Waals surface area contributed by atoms with Gasteiger partial charge in [0, 0.05) is 6.04 Å². The van der Waals surface area contributed by atoms with Gasteiger partial charge in [-0.25, -0.2) is 0 Å². The molecule has 2 aliphatic carbocycles. The van der Waals surface area contributed by atoms with Gasteiger partial charge in [0.05, 0.1) is 10.9 Å². The van der Waals surface area contributed by atoms with Crippen molar-refractivity contribution in [1.82, 2.24) is 5.32 Å². The molecular weight excluding hydrogens is 232 g/mol. The van der Waals surface area contributed by atoms with Crippen LogP contribution in [0.4, 0.5) is 0 Å². The number of carbonyl (C=O) groups excluding carboxylic acids is 1. The molecule has 0 radical (unpaired) electrons. The number of thiocarbonyl (C=S) groups is 1. The van der Waals surface area contributed by atoms with Crippen molar-refractivity contribution in [3.63, 3.8) is 0 Å². The molecule has 0 spiro atoms. The van der Waals surface area contributed by atoms with E-state index in [1.165, 1.54) is 25.7 Å². The molecule has 2 aliphatic rings. The smallest absolute Gasteiger partial charge is 0.230 e. The van der Waals surface area contributed by atoms with Crippen molar-refractivity contribution in [3.8, 4) is 0 Å². The number of rotatable bonds is 6. The second kappa shape index (κ2) is 4.92. The van der Waals surface area contributed by atoms with Gasteiger partial charge in [-0.1, -0.05) is 26.1 Å². The van der Waals surface area contributed by atoms with E-state index in [-0.39, 0.29) is 17.7 Å². The van der Waals surface area contributed by atoms with E-state index in [9.17, 15) is 4.79 Å². The number of amides is 1. The molecule has 1 amide bonds. The summed E-state index contributed by atoms with van der Waals surface area (Å²) in [6.45, 7) is 3.99. The highest BCUT2D eigenvalue weighted by Gasteiger charge is 2.43. The van der Waals surface area contributed by atoms with Gasteiger partial charge in [0.2, 0.25) is 5.91 Å². The Balaban J connectivity index is 1.95. The normalized spacial score (nSPS) is 21.6. The van der Waals surface area contributed by atoms with Crippen LogP contribution in [0, 0.1) is 23.7 Å². The second-order valence-electron chi connectivity index (χ2n) is 5.83. The predicted octanol–water partition coefficient (Wildman–Crippen LogP) is 1.85. The van der Waals surface area contributed by atoms with Crippen LogP contribution in [-0.2, 0) is 4.79 Å². The van der Waals surface area contributed by atoms with Gasteiger partial charge in [0.15, 0.2) is 0 Å². The lowest BCUT2D eigenvalue weighted by Gasteiger charge is -2.24. The third-order valence-electron chi connectivity index (χ3n) is 3.82. The van der Waals surface area contributed by atoms with Gasteiger partial charge in [0.1, 0.15) is 0 Å². The molecule has 0 aromatic carbocycles. The molecule has 0 aromatic rings. The van der Waals surface area contributed by atoms with E-state index in [1.807, 2.05) is 13.8 Å². The fourth-order valence-electron chi connectivity index (χ4n) is 2.55. The number of hydrogen-bond donors (Lipinski definition) is 2. The molecule has 0 aliphatic heterocycles. The molecule has 0 bridgehead atoms. The molecule has 2 rings (SSSR count). The van der Waals surface area contributed by atoms with Crippen LogP contribution in [0.5, 0.6) is 0 Å². The Morgan fingerprint density at radius 3 is 2.00 bits per heavy atom. The molecule has 0 saturated heterocycles. The lowest BCUT2D eigenvalue weighted by molar-refractivity contribution is -0.125. The van der Waals surface area contributed by atoms with Crippen molar-refractivity contribution in [1.29, 1.82) is 0 Å². The van der Waals surface area contributed by atoms with Crippen LogP contribution in [0.2, 0.25) is 0 Å². The summed E-state index contributed by atoms with van der Waals surface area (Å²) in [5.41, 5.74) is 5.67. The van der Waals surface area contributed by atoms with E-state index in [0.29, 0.717) is 22.9 Å². The zero-order valence-corrected chi connectivity index (χ0v) is 11.4. The molecule has 2 saturated carbocycles. The van der Waals surface area contributed by atoms with Crippen LogP contribution in [-0.4, -0.2) is 16.9 Å². The standard InChI is InChI=1S/C13H22N2OS/c1-7(2)10(12(14)17)13(16)15-11(8-3-4-8)9-5-6-9/h7-11H,3-6H2,1-2H3,(H2,14,17)(H,15,16). The van der Waals surface area contributed by atoms with E-state index in [2.05, 4.69) is 5.32 Å². The Hall–Kier alpha value is -0.640. The molecule has 17 heavy (non-hydrogen) atoms. The van der Waals surface area contributed by atoms with Crippen molar-refractivity contribution < 1.29 is 4.79 Å². The zero-order chi connectivity index (χ0) is 12.6. The van der Waals surface area contributed by atoms with Gasteiger partial charge in [-0.15, -0.1) is 0 Å². The van der Waals surface area contributed by atoms with Crippen molar-refractivity contribution in [2.45, 2.75) is 45.6 Å². The summed E-state index contributed by atoms with van der Waals surface area (Å²) in [7, 11) is 0. The maximum absolute atomic E-state index is 12.2. The topological polar surface area (TPSA) is 55.1 Å². The lowest BCUT2D eigenvalue weighted by atomic mass is 9.94. The summed E-state index contributed by atoms with van der Waals surface area (Å²) in [5.74, 6) is 1.32. The Morgan fingerprint density at radius 1 is 1.24 bits per heavy atom. The Kier molecular flexibility index (Phi) is 3.71. The number of nitrogens with one attached hydrogen (secondary N) is 1. The number of nitrogens with two attached hydrogens (primary N) is 1. The molecule has 1 atom stereocenters. The van der Waals surface area contributed by atoms with E-state index in [4.69, 9.17) is 18.0 Å². The Labute approximate surface area is 109 Å². The first-order chi connectivity index (χ1) is 8.00. The Morgan fingerprint density at radius 2 is 1.71 bits per heavy atom. The lowest BCUT2D eigenvalue weighted by Crippen LogP contribution is -2.46. The third kappa shape index (κ3) is 3.18. The fourth-order valence-corrected chi connectivity index (χ4v) is 2.93. The molecule has 4 heteroatoms.